The normalized spacial score (nSPS) is 14.3. The average Bonchev–Trinajstić information content (AvgIpc) is 2.13. The van der Waals surface area contributed by atoms with E-state index in [1.54, 1.807) is 37.3 Å². The van der Waals surface area contributed by atoms with Gasteiger partial charge in [-0.15, -0.1) is 11.6 Å². The van der Waals surface area contributed by atoms with Gasteiger partial charge in [-0.3, -0.25) is 0 Å². The van der Waals surface area contributed by atoms with Crippen LogP contribution >= 0.6 is 22.3 Å². The smallest absolute Gasteiger partial charge is 0.207 e. The molecule has 82 valence electrons. The summed E-state index contributed by atoms with van der Waals surface area (Å²) >= 11 is 5.73. The van der Waals surface area contributed by atoms with Crippen LogP contribution in [0.5, 0.6) is 0 Å². The van der Waals surface area contributed by atoms with Crippen molar-refractivity contribution in [3.8, 4) is 0 Å². The fourth-order valence-corrected chi connectivity index (χ4v) is 2.23. The van der Waals surface area contributed by atoms with Crippen LogP contribution in [-0.2, 0) is 9.05 Å². The maximum absolute atomic E-state index is 11.2. The highest BCUT2D eigenvalue weighted by Crippen LogP contribution is 2.21. The summed E-state index contributed by atoms with van der Waals surface area (Å²) in [5, 5.41) is -0.156. The van der Waals surface area contributed by atoms with Crippen molar-refractivity contribution in [3.05, 3.63) is 35.9 Å². The maximum Gasteiger partial charge on any atom is 0.261 e. The van der Waals surface area contributed by atoms with E-state index in [4.69, 9.17) is 22.3 Å². The van der Waals surface area contributed by atoms with Crippen LogP contribution in [0.15, 0.2) is 35.2 Å². The average molecular weight is 265 g/mol. The number of hydrogen-bond acceptors (Lipinski definition) is 2. The zero-order chi connectivity index (χ0) is 11.5. The number of allylic oxidation sites excluding steroid dienone is 1. The fraction of sp³-hybridized carbons (Fsp3) is 0.200. The van der Waals surface area contributed by atoms with Crippen molar-refractivity contribution in [1.82, 2.24) is 0 Å². The Balaban J connectivity index is 3.19. The lowest BCUT2D eigenvalue weighted by atomic mass is 10.2. The SMILES string of the molecule is CC(Cl)C=Cc1ccccc1S(=O)(=O)Cl. The summed E-state index contributed by atoms with van der Waals surface area (Å²) in [6.07, 6.45) is 3.34. The van der Waals surface area contributed by atoms with Crippen LogP contribution in [0.1, 0.15) is 12.5 Å². The van der Waals surface area contributed by atoms with E-state index in [1.807, 2.05) is 0 Å². The molecule has 0 aromatic heterocycles. The van der Waals surface area contributed by atoms with Gasteiger partial charge in [0.25, 0.3) is 9.05 Å². The molecule has 15 heavy (non-hydrogen) atoms. The minimum absolute atomic E-state index is 0.0974. The fourth-order valence-electron chi connectivity index (χ4n) is 1.08. The number of alkyl halides is 1. The van der Waals surface area contributed by atoms with Crippen LogP contribution in [0.3, 0.4) is 0 Å². The molecule has 0 bridgehead atoms. The minimum Gasteiger partial charge on any atom is -0.207 e. The van der Waals surface area contributed by atoms with E-state index in [9.17, 15) is 8.42 Å². The lowest BCUT2D eigenvalue weighted by molar-refractivity contribution is 0.609. The summed E-state index contributed by atoms with van der Waals surface area (Å²) in [6.45, 7) is 1.79. The van der Waals surface area contributed by atoms with Gasteiger partial charge in [0.1, 0.15) is 0 Å². The predicted molar refractivity (Wildman–Crippen MR) is 63.8 cm³/mol. The first-order valence-electron chi connectivity index (χ1n) is 4.27. The molecule has 0 spiro atoms. The van der Waals surface area contributed by atoms with Crippen LogP contribution in [-0.4, -0.2) is 13.8 Å². The van der Waals surface area contributed by atoms with E-state index < -0.39 is 9.05 Å². The topological polar surface area (TPSA) is 34.1 Å². The Bertz CT molecular complexity index is 464. The van der Waals surface area contributed by atoms with E-state index in [2.05, 4.69) is 0 Å². The van der Waals surface area contributed by atoms with Gasteiger partial charge in [0.05, 0.1) is 4.90 Å². The Hall–Kier alpha value is -0.510. The molecule has 1 rings (SSSR count). The molecule has 0 N–H and O–H groups in total. The highest BCUT2D eigenvalue weighted by Gasteiger charge is 2.12. The largest absolute Gasteiger partial charge is 0.261 e. The summed E-state index contributed by atoms with van der Waals surface area (Å²) in [6, 6.07) is 6.49. The monoisotopic (exact) mass is 264 g/mol. The van der Waals surface area contributed by atoms with Crippen LogP contribution in [0.4, 0.5) is 0 Å². The summed E-state index contributed by atoms with van der Waals surface area (Å²) in [4.78, 5) is 0.0974. The molecule has 5 heteroatoms. The Kier molecular flexibility index (Phi) is 4.20. The number of benzene rings is 1. The van der Waals surface area contributed by atoms with Gasteiger partial charge in [-0.1, -0.05) is 30.4 Å². The van der Waals surface area contributed by atoms with Crippen molar-refractivity contribution < 1.29 is 8.42 Å². The van der Waals surface area contributed by atoms with Gasteiger partial charge in [0, 0.05) is 16.1 Å². The minimum atomic E-state index is -3.70. The molecule has 1 aromatic rings. The third kappa shape index (κ3) is 3.86. The molecule has 0 aliphatic carbocycles. The molecule has 0 aliphatic heterocycles. The Labute approximate surface area is 98.9 Å². The first-order chi connectivity index (χ1) is 6.91. The number of rotatable bonds is 3. The van der Waals surface area contributed by atoms with Gasteiger partial charge in [-0.25, -0.2) is 8.42 Å². The Morgan fingerprint density at radius 3 is 2.47 bits per heavy atom. The third-order valence-corrected chi connectivity index (χ3v) is 3.26. The van der Waals surface area contributed by atoms with Crippen molar-refractivity contribution in [1.29, 1.82) is 0 Å². The molecule has 0 amide bonds. The first-order valence-corrected chi connectivity index (χ1v) is 7.02. The molecule has 0 saturated heterocycles. The summed E-state index contributed by atoms with van der Waals surface area (Å²) in [5.41, 5.74) is 0.542. The van der Waals surface area contributed by atoms with Crippen molar-refractivity contribution in [3.63, 3.8) is 0 Å². The highest BCUT2D eigenvalue weighted by molar-refractivity contribution is 8.13. The molecular weight excluding hydrogens is 255 g/mol. The number of halogens is 2. The lowest BCUT2D eigenvalue weighted by Crippen LogP contribution is -1.94. The van der Waals surface area contributed by atoms with Gasteiger partial charge in [-0.2, -0.15) is 0 Å². The molecule has 0 saturated carbocycles. The van der Waals surface area contributed by atoms with Crippen LogP contribution in [0, 0.1) is 0 Å². The van der Waals surface area contributed by atoms with Crippen molar-refractivity contribution in [2.45, 2.75) is 17.2 Å². The van der Waals surface area contributed by atoms with Crippen LogP contribution in [0.25, 0.3) is 6.08 Å². The van der Waals surface area contributed by atoms with Crippen molar-refractivity contribution in [2.75, 3.05) is 0 Å². The van der Waals surface area contributed by atoms with E-state index in [0.717, 1.165) is 0 Å². The van der Waals surface area contributed by atoms with E-state index in [1.165, 1.54) is 6.07 Å². The second-order valence-electron chi connectivity index (χ2n) is 3.01. The van der Waals surface area contributed by atoms with E-state index in [0.29, 0.717) is 5.56 Å². The molecular formula is C10H10Cl2O2S. The van der Waals surface area contributed by atoms with Gasteiger partial charge in [0.15, 0.2) is 0 Å². The molecule has 0 aliphatic rings. The standard InChI is InChI=1S/C10H10Cl2O2S/c1-8(11)6-7-9-4-2-3-5-10(9)15(12,13)14/h2-8H,1H3. The summed E-state index contributed by atoms with van der Waals surface area (Å²) < 4.78 is 22.4. The Morgan fingerprint density at radius 1 is 1.33 bits per heavy atom. The van der Waals surface area contributed by atoms with Gasteiger partial charge < -0.3 is 0 Å². The van der Waals surface area contributed by atoms with Crippen molar-refractivity contribution in [2.24, 2.45) is 0 Å². The molecule has 0 radical (unpaired) electrons. The first kappa shape index (κ1) is 12.6. The quantitative estimate of drug-likeness (QED) is 0.621. The lowest BCUT2D eigenvalue weighted by Gasteiger charge is -2.01. The van der Waals surface area contributed by atoms with Crippen LogP contribution < -0.4 is 0 Å². The molecule has 1 aromatic carbocycles. The molecule has 0 heterocycles. The predicted octanol–water partition coefficient (Wildman–Crippen LogP) is 3.25. The zero-order valence-electron chi connectivity index (χ0n) is 8.02. The van der Waals surface area contributed by atoms with E-state index >= 15 is 0 Å². The Morgan fingerprint density at radius 2 is 1.93 bits per heavy atom. The number of hydrogen-bond donors (Lipinski definition) is 0. The zero-order valence-corrected chi connectivity index (χ0v) is 10.4. The molecule has 1 atom stereocenters. The maximum atomic E-state index is 11.2. The van der Waals surface area contributed by atoms with Gasteiger partial charge >= 0.3 is 0 Å². The van der Waals surface area contributed by atoms with Gasteiger partial charge in [0.2, 0.25) is 0 Å². The second kappa shape index (κ2) is 5.01. The van der Waals surface area contributed by atoms with Gasteiger partial charge in [-0.05, 0) is 18.6 Å². The van der Waals surface area contributed by atoms with E-state index in [-0.39, 0.29) is 10.3 Å². The molecule has 0 fully saturated rings. The second-order valence-corrected chi connectivity index (χ2v) is 6.24. The molecule has 2 nitrogen and oxygen atoms in total. The molecule has 1 unspecified atom stereocenters. The third-order valence-electron chi connectivity index (χ3n) is 1.72. The van der Waals surface area contributed by atoms with Crippen molar-refractivity contribution >= 4 is 37.4 Å². The summed E-state index contributed by atoms with van der Waals surface area (Å²) in [7, 11) is 1.58. The highest BCUT2D eigenvalue weighted by atomic mass is 35.7. The summed E-state index contributed by atoms with van der Waals surface area (Å²) in [5.74, 6) is 0. The van der Waals surface area contributed by atoms with Crippen LogP contribution in [0.2, 0.25) is 0 Å².